The lowest BCUT2D eigenvalue weighted by molar-refractivity contribution is 0.532. The van der Waals surface area contributed by atoms with Gasteiger partial charge < -0.3 is 9.84 Å². The molecule has 0 saturated heterocycles. The molecule has 0 fully saturated rings. The van der Waals surface area contributed by atoms with E-state index < -0.39 is 20.4 Å². The Kier molecular flexibility index (Phi) is 3.85. The number of benzene rings is 2. The van der Waals surface area contributed by atoms with Gasteiger partial charge in [0.15, 0.2) is 4.90 Å². The van der Waals surface area contributed by atoms with Gasteiger partial charge in [0.25, 0.3) is 0 Å². The minimum atomic E-state index is -4.00. The molecule has 23 heavy (non-hydrogen) atoms. The molecule has 0 aliphatic carbocycles. The summed E-state index contributed by atoms with van der Waals surface area (Å²) in [7, 11) is -4.00. The standard InChI is InChI=1S/C15H11ClN2O4S/c16-10-2-5-12(6-3-10)23(20,21)14-7-9-1-4-11(18-17)8-13(9)22-15(14)19/h1-8,18H,17H2. The summed E-state index contributed by atoms with van der Waals surface area (Å²) >= 11 is 5.75. The number of nitrogens with one attached hydrogen (secondary N) is 1. The van der Waals surface area contributed by atoms with Crippen molar-refractivity contribution in [2.45, 2.75) is 9.79 Å². The first kappa shape index (κ1) is 15.5. The Morgan fingerprint density at radius 2 is 1.74 bits per heavy atom. The van der Waals surface area contributed by atoms with Crippen LogP contribution in [0, 0.1) is 0 Å². The summed E-state index contributed by atoms with van der Waals surface area (Å²) in [5, 5.41) is 0.868. The molecule has 0 saturated carbocycles. The largest absolute Gasteiger partial charge is 0.422 e. The van der Waals surface area contributed by atoms with E-state index in [1.807, 2.05) is 0 Å². The Bertz CT molecular complexity index is 1040. The van der Waals surface area contributed by atoms with Crippen molar-refractivity contribution in [3.8, 4) is 0 Å². The molecular weight excluding hydrogens is 340 g/mol. The Labute approximate surface area is 136 Å². The Balaban J connectivity index is 2.21. The molecule has 1 aromatic heterocycles. The second-order valence-corrected chi connectivity index (χ2v) is 7.11. The highest BCUT2D eigenvalue weighted by Gasteiger charge is 2.23. The molecule has 0 amide bonds. The maximum Gasteiger partial charge on any atom is 0.355 e. The van der Waals surface area contributed by atoms with Gasteiger partial charge in [-0.05, 0) is 42.5 Å². The predicted octanol–water partition coefficient (Wildman–Crippen LogP) is 2.56. The number of hydrazine groups is 1. The van der Waals surface area contributed by atoms with Crippen LogP contribution in [-0.4, -0.2) is 8.42 Å². The van der Waals surface area contributed by atoms with Crippen LogP contribution in [0.1, 0.15) is 0 Å². The van der Waals surface area contributed by atoms with Crippen LogP contribution < -0.4 is 16.9 Å². The van der Waals surface area contributed by atoms with E-state index in [0.29, 0.717) is 16.1 Å². The number of hydrogen-bond donors (Lipinski definition) is 2. The van der Waals surface area contributed by atoms with E-state index in [1.54, 1.807) is 12.1 Å². The number of anilines is 1. The monoisotopic (exact) mass is 350 g/mol. The van der Waals surface area contributed by atoms with Gasteiger partial charge >= 0.3 is 5.63 Å². The summed E-state index contributed by atoms with van der Waals surface area (Å²) in [4.78, 5) is 11.6. The van der Waals surface area contributed by atoms with Crippen LogP contribution in [0.2, 0.25) is 5.02 Å². The number of nitrogens with two attached hydrogens (primary N) is 1. The summed E-state index contributed by atoms with van der Waals surface area (Å²) in [6.45, 7) is 0. The van der Waals surface area contributed by atoms with E-state index in [9.17, 15) is 13.2 Å². The molecule has 0 aliphatic rings. The van der Waals surface area contributed by atoms with Gasteiger partial charge in [-0.15, -0.1) is 0 Å². The number of hydrogen-bond acceptors (Lipinski definition) is 6. The minimum absolute atomic E-state index is 0.0335. The average Bonchev–Trinajstić information content (AvgIpc) is 2.53. The third-order valence-electron chi connectivity index (χ3n) is 3.28. The highest BCUT2D eigenvalue weighted by atomic mass is 35.5. The molecule has 6 nitrogen and oxygen atoms in total. The van der Waals surface area contributed by atoms with E-state index in [1.165, 1.54) is 36.4 Å². The Morgan fingerprint density at radius 3 is 2.39 bits per heavy atom. The number of nitrogen functional groups attached to an aromatic ring is 1. The lowest BCUT2D eigenvalue weighted by Gasteiger charge is -2.06. The van der Waals surface area contributed by atoms with Gasteiger partial charge in [-0.25, -0.2) is 13.2 Å². The van der Waals surface area contributed by atoms with Crippen molar-refractivity contribution in [2.24, 2.45) is 5.84 Å². The highest BCUT2D eigenvalue weighted by molar-refractivity contribution is 7.91. The van der Waals surface area contributed by atoms with Crippen LogP contribution in [0.4, 0.5) is 5.69 Å². The molecule has 118 valence electrons. The molecule has 0 aliphatic heterocycles. The molecule has 3 aromatic rings. The third-order valence-corrected chi connectivity index (χ3v) is 5.29. The van der Waals surface area contributed by atoms with E-state index in [-0.39, 0.29) is 10.5 Å². The molecule has 0 unspecified atom stereocenters. The normalized spacial score (nSPS) is 11.6. The van der Waals surface area contributed by atoms with E-state index >= 15 is 0 Å². The van der Waals surface area contributed by atoms with Crippen molar-refractivity contribution in [3.05, 3.63) is 64.0 Å². The van der Waals surface area contributed by atoms with Crippen LogP contribution in [0.3, 0.4) is 0 Å². The van der Waals surface area contributed by atoms with Crippen molar-refractivity contribution < 1.29 is 12.8 Å². The van der Waals surface area contributed by atoms with Crippen molar-refractivity contribution in [1.82, 2.24) is 0 Å². The molecule has 0 atom stereocenters. The van der Waals surface area contributed by atoms with Gasteiger partial charge in [-0.1, -0.05) is 11.6 Å². The summed E-state index contributed by atoms with van der Waals surface area (Å²) in [6, 6.07) is 11.6. The van der Waals surface area contributed by atoms with Crippen LogP contribution >= 0.6 is 11.6 Å². The summed E-state index contributed by atoms with van der Waals surface area (Å²) in [6.07, 6.45) is 0. The Morgan fingerprint density at radius 1 is 1.04 bits per heavy atom. The fraction of sp³-hybridized carbons (Fsp3) is 0. The molecule has 3 N–H and O–H groups in total. The first-order chi connectivity index (χ1) is 10.9. The number of rotatable bonds is 3. The van der Waals surface area contributed by atoms with Crippen LogP contribution in [0.25, 0.3) is 11.0 Å². The maximum absolute atomic E-state index is 12.6. The number of sulfone groups is 1. The number of halogens is 1. The van der Waals surface area contributed by atoms with Crippen LogP contribution in [0.15, 0.2) is 67.5 Å². The number of fused-ring (bicyclic) bond motifs is 1. The zero-order valence-electron chi connectivity index (χ0n) is 11.6. The lowest BCUT2D eigenvalue weighted by atomic mass is 10.2. The third kappa shape index (κ3) is 2.81. The van der Waals surface area contributed by atoms with Gasteiger partial charge in [0.05, 0.1) is 10.6 Å². The molecule has 8 heteroatoms. The van der Waals surface area contributed by atoms with Gasteiger partial charge in [0.1, 0.15) is 5.58 Å². The molecule has 0 bridgehead atoms. The van der Waals surface area contributed by atoms with Crippen LogP contribution in [0.5, 0.6) is 0 Å². The molecular formula is C15H11ClN2O4S. The second-order valence-electron chi connectivity index (χ2n) is 4.75. The lowest BCUT2D eigenvalue weighted by Crippen LogP contribution is -2.14. The first-order valence-corrected chi connectivity index (χ1v) is 8.33. The Hall–Kier alpha value is -2.35. The molecule has 0 radical (unpaired) electrons. The van der Waals surface area contributed by atoms with E-state index in [0.717, 1.165) is 0 Å². The van der Waals surface area contributed by atoms with Crippen molar-refractivity contribution >= 4 is 38.1 Å². The summed E-state index contributed by atoms with van der Waals surface area (Å²) in [5.74, 6) is 5.29. The summed E-state index contributed by atoms with van der Waals surface area (Å²) < 4.78 is 30.3. The van der Waals surface area contributed by atoms with E-state index in [2.05, 4.69) is 5.43 Å². The zero-order valence-corrected chi connectivity index (χ0v) is 13.2. The van der Waals surface area contributed by atoms with Gasteiger partial charge in [0.2, 0.25) is 9.84 Å². The minimum Gasteiger partial charge on any atom is -0.422 e. The molecule has 1 heterocycles. The predicted molar refractivity (Wildman–Crippen MR) is 87.2 cm³/mol. The molecule has 2 aromatic carbocycles. The smallest absolute Gasteiger partial charge is 0.355 e. The highest BCUT2D eigenvalue weighted by Crippen LogP contribution is 2.24. The quantitative estimate of drug-likeness (QED) is 0.427. The first-order valence-electron chi connectivity index (χ1n) is 6.47. The fourth-order valence-electron chi connectivity index (χ4n) is 2.11. The zero-order chi connectivity index (χ0) is 16.6. The fourth-order valence-corrected chi connectivity index (χ4v) is 3.53. The molecule has 0 spiro atoms. The SMILES string of the molecule is NNc1ccc2cc(S(=O)(=O)c3ccc(Cl)cc3)c(=O)oc2c1. The van der Waals surface area contributed by atoms with Crippen molar-refractivity contribution in [1.29, 1.82) is 0 Å². The van der Waals surface area contributed by atoms with Gasteiger partial charge in [-0.2, -0.15) is 0 Å². The average molecular weight is 351 g/mol. The van der Waals surface area contributed by atoms with Gasteiger partial charge in [-0.3, -0.25) is 5.84 Å². The molecule has 3 rings (SSSR count). The van der Waals surface area contributed by atoms with Gasteiger partial charge in [0, 0.05) is 16.5 Å². The topological polar surface area (TPSA) is 102 Å². The maximum atomic E-state index is 12.6. The van der Waals surface area contributed by atoms with Crippen LogP contribution in [-0.2, 0) is 9.84 Å². The van der Waals surface area contributed by atoms with Crippen molar-refractivity contribution in [3.63, 3.8) is 0 Å². The second kappa shape index (κ2) is 5.69. The van der Waals surface area contributed by atoms with Crippen molar-refractivity contribution in [2.75, 3.05) is 5.43 Å². The summed E-state index contributed by atoms with van der Waals surface area (Å²) in [5.41, 5.74) is 2.25. The van der Waals surface area contributed by atoms with E-state index in [4.69, 9.17) is 21.9 Å².